The number of Topliss-reactive ketones (excluding diaryl/α,β-unsaturated/α-hetero) is 1. The van der Waals surface area contributed by atoms with E-state index < -0.39 is 5.97 Å². The maximum absolute atomic E-state index is 11.7. The zero-order valence-electron chi connectivity index (χ0n) is 10.9. The van der Waals surface area contributed by atoms with Crippen molar-refractivity contribution in [1.82, 2.24) is 0 Å². The first-order chi connectivity index (χ1) is 8.20. The lowest BCUT2D eigenvalue weighted by molar-refractivity contribution is -0.139. The molecule has 0 atom stereocenters. The number of ketones is 1. The molecule has 3 nitrogen and oxygen atoms in total. The Bertz CT molecular complexity index is 315. The van der Waals surface area contributed by atoms with Crippen molar-refractivity contribution in [2.75, 3.05) is 6.61 Å². The summed E-state index contributed by atoms with van der Waals surface area (Å²) in [7, 11) is 0. The summed E-state index contributed by atoms with van der Waals surface area (Å²) in [5.41, 5.74) is 1.37. The molecule has 0 amide bonds. The van der Waals surface area contributed by atoms with Crippen LogP contribution in [-0.2, 0) is 14.3 Å². The first-order valence-corrected chi connectivity index (χ1v) is 6.63. The van der Waals surface area contributed by atoms with E-state index in [1.807, 2.05) is 0 Å². The van der Waals surface area contributed by atoms with E-state index in [4.69, 9.17) is 4.74 Å². The molecule has 3 heteroatoms. The number of hydrogen-bond donors (Lipinski definition) is 0. The van der Waals surface area contributed by atoms with E-state index in [0.29, 0.717) is 18.6 Å². The van der Waals surface area contributed by atoms with Gasteiger partial charge in [-0.3, -0.25) is 4.79 Å². The number of hydrogen-bond acceptors (Lipinski definition) is 3. The maximum Gasteiger partial charge on any atom is 0.341 e. The molecule has 0 N–H and O–H groups in total. The minimum absolute atomic E-state index is 0.0334. The first-order valence-electron chi connectivity index (χ1n) is 6.63. The van der Waals surface area contributed by atoms with Crippen LogP contribution in [0, 0.1) is 0 Å². The van der Waals surface area contributed by atoms with Crippen LogP contribution in [0.3, 0.4) is 0 Å². The number of esters is 1. The molecule has 0 aromatic rings. The van der Waals surface area contributed by atoms with Gasteiger partial charge in [-0.1, -0.05) is 31.8 Å². The summed E-state index contributed by atoms with van der Waals surface area (Å²) >= 11 is 0. The zero-order valence-corrected chi connectivity index (χ0v) is 10.9. The zero-order chi connectivity index (χ0) is 12.7. The second-order valence-electron chi connectivity index (χ2n) is 4.43. The molecule has 0 fully saturated rings. The van der Waals surface area contributed by atoms with Gasteiger partial charge in [0.1, 0.15) is 5.57 Å². The van der Waals surface area contributed by atoms with E-state index in [0.717, 1.165) is 24.8 Å². The standard InChI is InChI=1S/C14H22O3/c1-3-5-6-7-8-11-9-10-12(15)13(11)14(16)17-4-2/h3-10H2,1-2H3. The SMILES string of the molecule is CCCCCCC1=C(C(=O)OCC)C(=O)CC1. The van der Waals surface area contributed by atoms with E-state index in [1.54, 1.807) is 6.92 Å². The Labute approximate surface area is 103 Å². The molecule has 1 rings (SSSR count). The van der Waals surface area contributed by atoms with Crippen molar-refractivity contribution in [3.63, 3.8) is 0 Å². The summed E-state index contributed by atoms with van der Waals surface area (Å²) in [6.07, 6.45) is 6.76. The summed E-state index contributed by atoms with van der Waals surface area (Å²) in [4.78, 5) is 23.3. The van der Waals surface area contributed by atoms with Crippen LogP contribution in [0.15, 0.2) is 11.1 Å². The van der Waals surface area contributed by atoms with Crippen molar-refractivity contribution >= 4 is 11.8 Å². The van der Waals surface area contributed by atoms with E-state index in [1.165, 1.54) is 19.3 Å². The van der Waals surface area contributed by atoms with Gasteiger partial charge in [0.05, 0.1) is 6.61 Å². The first kappa shape index (κ1) is 13.9. The summed E-state index contributed by atoms with van der Waals surface area (Å²) in [6, 6.07) is 0. The normalized spacial score (nSPS) is 15.5. The summed E-state index contributed by atoms with van der Waals surface area (Å²) in [5, 5.41) is 0. The van der Waals surface area contributed by atoms with Crippen molar-refractivity contribution in [2.24, 2.45) is 0 Å². The number of rotatable bonds is 7. The van der Waals surface area contributed by atoms with Crippen molar-refractivity contribution in [3.05, 3.63) is 11.1 Å². The van der Waals surface area contributed by atoms with Crippen LogP contribution in [0.4, 0.5) is 0 Å². The van der Waals surface area contributed by atoms with Gasteiger partial charge in [0, 0.05) is 6.42 Å². The lowest BCUT2D eigenvalue weighted by Gasteiger charge is -2.05. The van der Waals surface area contributed by atoms with E-state index in [9.17, 15) is 9.59 Å². The van der Waals surface area contributed by atoms with Crippen molar-refractivity contribution in [3.8, 4) is 0 Å². The van der Waals surface area contributed by atoms with Crippen molar-refractivity contribution in [2.45, 2.75) is 58.8 Å². The highest BCUT2D eigenvalue weighted by atomic mass is 16.5. The molecule has 0 aromatic carbocycles. The monoisotopic (exact) mass is 238 g/mol. The molecule has 1 aliphatic rings. The van der Waals surface area contributed by atoms with Gasteiger partial charge in [-0.25, -0.2) is 4.79 Å². The molecule has 0 unspecified atom stereocenters. The molecule has 17 heavy (non-hydrogen) atoms. The van der Waals surface area contributed by atoms with Crippen LogP contribution in [0.1, 0.15) is 58.8 Å². The highest BCUT2D eigenvalue weighted by Gasteiger charge is 2.28. The molecule has 0 aliphatic heterocycles. The fourth-order valence-electron chi connectivity index (χ4n) is 2.19. The minimum atomic E-state index is -0.416. The quantitative estimate of drug-likeness (QED) is 0.388. The predicted molar refractivity (Wildman–Crippen MR) is 66.7 cm³/mol. The van der Waals surface area contributed by atoms with Gasteiger partial charge in [0.15, 0.2) is 5.78 Å². The van der Waals surface area contributed by atoms with Gasteiger partial charge < -0.3 is 4.74 Å². The van der Waals surface area contributed by atoms with Gasteiger partial charge in [-0.2, -0.15) is 0 Å². The molecule has 96 valence electrons. The Morgan fingerprint density at radius 1 is 1.18 bits per heavy atom. The van der Waals surface area contributed by atoms with Gasteiger partial charge in [0.25, 0.3) is 0 Å². The second-order valence-corrected chi connectivity index (χ2v) is 4.43. The Morgan fingerprint density at radius 2 is 1.94 bits per heavy atom. The van der Waals surface area contributed by atoms with Crippen molar-refractivity contribution < 1.29 is 14.3 Å². The lowest BCUT2D eigenvalue weighted by Crippen LogP contribution is -2.13. The third kappa shape index (κ3) is 3.99. The average molecular weight is 238 g/mol. The van der Waals surface area contributed by atoms with Crippen LogP contribution in [-0.4, -0.2) is 18.4 Å². The smallest absolute Gasteiger partial charge is 0.341 e. The third-order valence-corrected chi connectivity index (χ3v) is 3.10. The van der Waals surface area contributed by atoms with E-state index in [2.05, 4.69) is 6.92 Å². The molecule has 0 radical (unpaired) electrons. The van der Waals surface area contributed by atoms with Gasteiger partial charge >= 0.3 is 5.97 Å². The van der Waals surface area contributed by atoms with Gasteiger partial charge in [0.2, 0.25) is 0 Å². The van der Waals surface area contributed by atoms with Crippen LogP contribution in [0.2, 0.25) is 0 Å². The fourth-order valence-corrected chi connectivity index (χ4v) is 2.19. The van der Waals surface area contributed by atoms with Crippen LogP contribution >= 0.6 is 0 Å². The van der Waals surface area contributed by atoms with Crippen molar-refractivity contribution in [1.29, 1.82) is 0 Å². The van der Waals surface area contributed by atoms with Crippen LogP contribution in [0.25, 0.3) is 0 Å². The summed E-state index contributed by atoms with van der Waals surface area (Å²) in [5.74, 6) is -0.450. The summed E-state index contributed by atoms with van der Waals surface area (Å²) < 4.78 is 4.94. The number of unbranched alkanes of at least 4 members (excludes halogenated alkanes) is 3. The molecular weight excluding hydrogens is 216 g/mol. The van der Waals surface area contributed by atoms with Gasteiger partial charge in [-0.15, -0.1) is 0 Å². The minimum Gasteiger partial charge on any atom is -0.462 e. The Kier molecular flexibility index (Phi) is 5.95. The molecule has 0 heterocycles. The predicted octanol–water partition coefficient (Wildman–Crippen LogP) is 3.18. The lowest BCUT2D eigenvalue weighted by atomic mass is 10.0. The third-order valence-electron chi connectivity index (χ3n) is 3.10. The topological polar surface area (TPSA) is 43.4 Å². The number of allylic oxidation sites excluding steroid dienone is 1. The highest BCUT2D eigenvalue weighted by Crippen LogP contribution is 2.28. The Hall–Kier alpha value is -1.12. The molecule has 0 bridgehead atoms. The van der Waals surface area contributed by atoms with E-state index >= 15 is 0 Å². The number of carbonyl (C=O) groups is 2. The van der Waals surface area contributed by atoms with Gasteiger partial charge in [-0.05, 0) is 26.2 Å². The fraction of sp³-hybridized carbons (Fsp3) is 0.714. The molecule has 0 saturated heterocycles. The molecule has 0 saturated carbocycles. The number of ether oxygens (including phenoxy) is 1. The average Bonchev–Trinajstić information content (AvgIpc) is 2.66. The molecule has 1 aliphatic carbocycles. The molecular formula is C14H22O3. The Balaban J connectivity index is 2.58. The largest absolute Gasteiger partial charge is 0.462 e. The van der Waals surface area contributed by atoms with Crippen LogP contribution < -0.4 is 0 Å². The maximum atomic E-state index is 11.7. The van der Waals surface area contributed by atoms with Crippen LogP contribution in [0.5, 0.6) is 0 Å². The molecule has 0 aromatic heterocycles. The highest BCUT2D eigenvalue weighted by molar-refractivity contribution is 6.19. The second kappa shape index (κ2) is 7.25. The summed E-state index contributed by atoms with van der Waals surface area (Å²) in [6.45, 7) is 4.26. The van der Waals surface area contributed by atoms with E-state index in [-0.39, 0.29) is 5.78 Å². The molecule has 0 spiro atoms. The number of carbonyl (C=O) groups excluding carboxylic acids is 2. The Morgan fingerprint density at radius 3 is 2.59 bits per heavy atom.